The molecule has 0 aliphatic rings. The maximum absolute atomic E-state index is 10.7. The molecule has 0 unspecified atom stereocenters. The second-order valence-corrected chi connectivity index (χ2v) is 4.11. The van der Waals surface area contributed by atoms with Gasteiger partial charge in [-0.3, -0.25) is 4.55 Å². The molecule has 0 bridgehead atoms. The van der Waals surface area contributed by atoms with Gasteiger partial charge in [-0.25, -0.2) is 0 Å². The predicted octanol–water partition coefficient (Wildman–Crippen LogP) is 1.08. The zero-order valence-electron chi connectivity index (χ0n) is 7.19. The Labute approximate surface area is 77.1 Å². The molecule has 0 aliphatic heterocycles. The first-order valence-corrected chi connectivity index (χ1v) is 5.25. The van der Waals surface area contributed by atoms with E-state index in [1.54, 1.807) is 0 Å². The van der Waals surface area contributed by atoms with Crippen molar-refractivity contribution in [2.75, 3.05) is 5.73 Å². The van der Waals surface area contributed by atoms with Gasteiger partial charge in [-0.05, 0) is 30.2 Å². The number of benzene rings is 1. The molecule has 13 heavy (non-hydrogen) atoms. The Hall–Kier alpha value is -1.07. The van der Waals surface area contributed by atoms with Crippen molar-refractivity contribution in [3.05, 3.63) is 23.8 Å². The van der Waals surface area contributed by atoms with Crippen LogP contribution in [-0.2, 0) is 16.5 Å². The molecule has 0 fully saturated rings. The van der Waals surface area contributed by atoms with Crippen molar-refractivity contribution in [3.8, 4) is 0 Å². The van der Waals surface area contributed by atoms with Crippen molar-refractivity contribution in [3.63, 3.8) is 0 Å². The monoisotopic (exact) mass is 201 g/mol. The fourth-order valence-electron chi connectivity index (χ4n) is 1.05. The summed E-state index contributed by atoms with van der Waals surface area (Å²) >= 11 is 0. The van der Waals surface area contributed by atoms with Gasteiger partial charge >= 0.3 is 0 Å². The highest BCUT2D eigenvalue weighted by atomic mass is 32.2. The molecular weight excluding hydrogens is 190 g/mol. The summed E-state index contributed by atoms with van der Waals surface area (Å²) < 4.78 is 30.2. The van der Waals surface area contributed by atoms with Crippen molar-refractivity contribution < 1.29 is 13.0 Å². The zero-order valence-corrected chi connectivity index (χ0v) is 8.00. The van der Waals surface area contributed by atoms with E-state index in [0.717, 1.165) is 5.56 Å². The van der Waals surface area contributed by atoms with Gasteiger partial charge in [0.05, 0.1) is 4.90 Å². The minimum atomic E-state index is -4.11. The molecule has 5 heteroatoms. The number of anilines is 1. The third-order valence-electron chi connectivity index (χ3n) is 1.79. The van der Waals surface area contributed by atoms with Crippen molar-refractivity contribution >= 4 is 15.8 Å². The lowest BCUT2D eigenvalue weighted by Gasteiger charge is -2.03. The fraction of sp³-hybridized carbons (Fsp3) is 0.250. The second-order valence-electron chi connectivity index (χ2n) is 2.69. The largest absolute Gasteiger partial charge is 0.399 e. The predicted molar refractivity (Wildman–Crippen MR) is 50.0 cm³/mol. The molecule has 4 nitrogen and oxygen atoms in total. The lowest BCUT2D eigenvalue weighted by Crippen LogP contribution is -2.01. The highest BCUT2D eigenvalue weighted by Crippen LogP contribution is 2.17. The Morgan fingerprint density at radius 3 is 2.54 bits per heavy atom. The number of nitrogen functional groups attached to an aromatic ring is 1. The van der Waals surface area contributed by atoms with Crippen LogP contribution in [0.1, 0.15) is 12.5 Å². The molecule has 0 amide bonds. The van der Waals surface area contributed by atoms with E-state index in [9.17, 15) is 8.42 Å². The summed E-state index contributed by atoms with van der Waals surface area (Å²) in [6.07, 6.45) is 0.634. The highest BCUT2D eigenvalue weighted by molar-refractivity contribution is 7.85. The smallest absolute Gasteiger partial charge is 0.294 e. The van der Waals surface area contributed by atoms with E-state index >= 15 is 0 Å². The van der Waals surface area contributed by atoms with Gasteiger partial charge in [-0.15, -0.1) is 0 Å². The van der Waals surface area contributed by atoms with Crippen molar-refractivity contribution in [2.24, 2.45) is 0 Å². The van der Waals surface area contributed by atoms with E-state index in [2.05, 4.69) is 0 Å². The van der Waals surface area contributed by atoms with Gasteiger partial charge in [0.15, 0.2) is 0 Å². The summed E-state index contributed by atoms with van der Waals surface area (Å²) in [4.78, 5) is -0.112. The molecule has 0 saturated heterocycles. The Balaban J connectivity index is 3.30. The van der Waals surface area contributed by atoms with Crippen LogP contribution < -0.4 is 5.73 Å². The number of rotatable bonds is 2. The van der Waals surface area contributed by atoms with E-state index in [1.807, 2.05) is 6.92 Å². The molecule has 0 atom stereocenters. The maximum Gasteiger partial charge on any atom is 0.294 e. The topological polar surface area (TPSA) is 80.4 Å². The van der Waals surface area contributed by atoms with Crippen LogP contribution in [0.5, 0.6) is 0 Å². The first-order chi connectivity index (χ1) is 5.95. The number of aryl methyl sites for hydroxylation is 1. The lowest BCUT2D eigenvalue weighted by molar-refractivity contribution is 0.483. The quantitative estimate of drug-likeness (QED) is 0.554. The Morgan fingerprint density at radius 2 is 2.08 bits per heavy atom. The molecule has 0 spiro atoms. The summed E-state index contributed by atoms with van der Waals surface area (Å²) in [5.41, 5.74) is 6.82. The summed E-state index contributed by atoms with van der Waals surface area (Å²) in [7, 11) is -4.11. The van der Waals surface area contributed by atoms with Crippen LogP contribution in [0.3, 0.4) is 0 Å². The standard InChI is InChI=1S/C8H11NO3S/c1-2-6-5-7(13(10,11)12)3-4-8(6)9/h3-5H,2,9H2,1H3,(H,10,11,12). The van der Waals surface area contributed by atoms with Crippen LogP contribution in [0.15, 0.2) is 23.1 Å². The average molecular weight is 201 g/mol. The molecular formula is C8H11NO3S. The van der Waals surface area contributed by atoms with Gasteiger partial charge in [0.25, 0.3) is 10.1 Å². The highest BCUT2D eigenvalue weighted by Gasteiger charge is 2.10. The van der Waals surface area contributed by atoms with Gasteiger partial charge in [0.2, 0.25) is 0 Å². The maximum atomic E-state index is 10.7. The SMILES string of the molecule is CCc1cc(S(=O)(=O)O)ccc1N. The Morgan fingerprint density at radius 1 is 1.46 bits per heavy atom. The molecule has 0 radical (unpaired) electrons. The number of nitrogens with two attached hydrogens (primary N) is 1. The fourth-order valence-corrected chi connectivity index (χ4v) is 1.58. The van der Waals surface area contributed by atoms with Crippen molar-refractivity contribution in [2.45, 2.75) is 18.2 Å². The molecule has 72 valence electrons. The first kappa shape index (κ1) is 10.0. The summed E-state index contributed by atoms with van der Waals surface area (Å²) in [6.45, 7) is 1.86. The van der Waals surface area contributed by atoms with Crippen molar-refractivity contribution in [1.29, 1.82) is 0 Å². The second kappa shape index (κ2) is 3.35. The van der Waals surface area contributed by atoms with E-state index in [-0.39, 0.29) is 4.90 Å². The molecule has 1 aromatic rings. The first-order valence-electron chi connectivity index (χ1n) is 3.81. The van der Waals surface area contributed by atoms with E-state index < -0.39 is 10.1 Å². The van der Waals surface area contributed by atoms with E-state index in [0.29, 0.717) is 12.1 Å². The number of hydrogen-bond acceptors (Lipinski definition) is 3. The zero-order chi connectivity index (χ0) is 10.1. The van der Waals surface area contributed by atoms with Gasteiger partial charge in [0, 0.05) is 5.69 Å². The summed E-state index contributed by atoms with van der Waals surface area (Å²) in [5.74, 6) is 0. The normalized spacial score (nSPS) is 11.5. The van der Waals surface area contributed by atoms with Gasteiger partial charge < -0.3 is 5.73 Å². The van der Waals surface area contributed by atoms with Crippen LogP contribution in [0.4, 0.5) is 5.69 Å². The third kappa shape index (κ3) is 2.19. The molecule has 3 N–H and O–H groups in total. The Kier molecular flexibility index (Phi) is 2.58. The molecule has 0 aromatic heterocycles. The average Bonchev–Trinajstić information content (AvgIpc) is 2.03. The van der Waals surface area contributed by atoms with Crippen LogP contribution in [0, 0.1) is 0 Å². The van der Waals surface area contributed by atoms with E-state index in [4.69, 9.17) is 10.3 Å². The van der Waals surface area contributed by atoms with Crippen LogP contribution in [-0.4, -0.2) is 13.0 Å². The van der Waals surface area contributed by atoms with Crippen LogP contribution >= 0.6 is 0 Å². The molecule has 0 heterocycles. The van der Waals surface area contributed by atoms with Gasteiger partial charge in [-0.2, -0.15) is 8.42 Å². The molecule has 1 aromatic carbocycles. The van der Waals surface area contributed by atoms with Gasteiger partial charge in [-0.1, -0.05) is 6.92 Å². The van der Waals surface area contributed by atoms with Crippen LogP contribution in [0.25, 0.3) is 0 Å². The molecule has 0 aliphatic carbocycles. The van der Waals surface area contributed by atoms with E-state index in [1.165, 1.54) is 18.2 Å². The minimum absolute atomic E-state index is 0.112. The third-order valence-corrected chi connectivity index (χ3v) is 2.64. The summed E-state index contributed by atoms with van der Waals surface area (Å²) in [6, 6.07) is 4.14. The number of hydrogen-bond donors (Lipinski definition) is 2. The molecule has 1 rings (SSSR count). The van der Waals surface area contributed by atoms with Gasteiger partial charge in [0.1, 0.15) is 0 Å². The van der Waals surface area contributed by atoms with Crippen LogP contribution in [0.2, 0.25) is 0 Å². The minimum Gasteiger partial charge on any atom is -0.399 e. The van der Waals surface area contributed by atoms with Crippen molar-refractivity contribution in [1.82, 2.24) is 0 Å². The summed E-state index contributed by atoms with van der Waals surface area (Å²) in [5, 5.41) is 0. The molecule has 0 saturated carbocycles. The Bertz CT molecular complexity index is 411. The lowest BCUT2D eigenvalue weighted by atomic mass is 10.1.